The second-order valence-corrected chi connectivity index (χ2v) is 8.28. The topological polar surface area (TPSA) is 46.1 Å². The van der Waals surface area contributed by atoms with E-state index in [0.29, 0.717) is 6.54 Å². The van der Waals surface area contributed by atoms with Gasteiger partial charge < -0.3 is 19.7 Å². The maximum atomic E-state index is 5.77. The van der Waals surface area contributed by atoms with E-state index in [1.807, 2.05) is 0 Å². The number of guanidine groups is 1. The zero-order chi connectivity index (χ0) is 16.7. The van der Waals surface area contributed by atoms with Crippen LogP contribution in [-0.4, -0.2) is 56.9 Å². The van der Waals surface area contributed by atoms with Crippen molar-refractivity contribution in [3.05, 3.63) is 20.8 Å². The van der Waals surface area contributed by atoms with E-state index in [1.165, 1.54) is 4.88 Å². The highest BCUT2D eigenvalue weighted by Gasteiger charge is 2.32. The van der Waals surface area contributed by atoms with Gasteiger partial charge in [-0.1, -0.05) is 0 Å². The summed E-state index contributed by atoms with van der Waals surface area (Å²) in [7, 11) is 3.85. The van der Waals surface area contributed by atoms with Gasteiger partial charge in [0.05, 0.1) is 22.5 Å². The maximum Gasteiger partial charge on any atom is 0.194 e. The standard InChI is InChI=1S/C16H26BrN3O2S/c1-4-18-15(20(2)11-13-5-6-14(17)23-13)19-12-16(21-3)7-9-22-10-8-16/h5-6H,4,7-12H2,1-3H3,(H,18,19). The molecule has 1 fully saturated rings. The van der Waals surface area contributed by atoms with Crippen LogP contribution in [0.3, 0.4) is 0 Å². The third kappa shape index (κ3) is 5.45. The number of nitrogens with zero attached hydrogens (tertiary/aromatic N) is 2. The quantitative estimate of drug-likeness (QED) is 0.585. The lowest BCUT2D eigenvalue weighted by atomic mass is 9.94. The van der Waals surface area contributed by atoms with Gasteiger partial charge in [-0.15, -0.1) is 11.3 Å². The van der Waals surface area contributed by atoms with Crippen molar-refractivity contribution in [2.45, 2.75) is 31.9 Å². The molecule has 0 saturated carbocycles. The minimum atomic E-state index is -0.189. The van der Waals surface area contributed by atoms with Crippen molar-refractivity contribution in [3.8, 4) is 0 Å². The van der Waals surface area contributed by atoms with Crippen LogP contribution in [0.1, 0.15) is 24.6 Å². The molecule has 1 aliphatic heterocycles. The summed E-state index contributed by atoms with van der Waals surface area (Å²) >= 11 is 5.27. The largest absolute Gasteiger partial charge is 0.381 e. The summed E-state index contributed by atoms with van der Waals surface area (Å²) in [5, 5.41) is 3.37. The number of thiophene rings is 1. The molecule has 0 unspecified atom stereocenters. The van der Waals surface area contributed by atoms with Gasteiger partial charge in [-0.2, -0.15) is 0 Å². The Bertz CT molecular complexity index is 515. The molecule has 1 N–H and O–H groups in total. The Balaban J connectivity index is 2.03. The Hall–Kier alpha value is -0.630. The first kappa shape index (κ1) is 18.7. The van der Waals surface area contributed by atoms with Crippen LogP contribution >= 0.6 is 27.3 Å². The highest BCUT2D eigenvalue weighted by molar-refractivity contribution is 9.11. The lowest BCUT2D eigenvalue weighted by molar-refractivity contribution is -0.0829. The average Bonchev–Trinajstić information content (AvgIpc) is 2.97. The van der Waals surface area contributed by atoms with E-state index in [4.69, 9.17) is 14.5 Å². The van der Waals surface area contributed by atoms with Crippen LogP contribution in [0.25, 0.3) is 0 Å². The smallest absolute Gasteiger partial charge is 0.194 e. The van der Waals surface area contributed by atoms with Gasteiger partial charge in [-0.05, 0) is 35.0 Å². The van der Waals surface area contributed by atoms with E-state index in [-0.39, 0.29) is 5.60 Å². The minimum absolute atomic E-state index is 0.189. The molecule has 2 rings (SSSR count). The lowest BCUT2D eigenvalue weighted by Crippen LogP contribution is -2.44. The molecule has 23 heavy (non-hydrogen) atoms. The van der Waals surface area contributed by atoms with Crippen molar-refractivity contribution >= 4 is 33.2 Å². The molecule has 0 spiro atoms. The van der Waals surface area contributed by atoms with Gasteiger partial charge in [0.15, 0.2) is 5.96 Å². The van der Waals surface area contributed by atoms with E-state index in [1.54, 1.807) is 18.4 Å². The van der Waals surface area contributed by atoms with Crippen LogP contribution in [-0.2, 0) is 16.0 Å². The molecule has 7 heteroatoms. The molecule has 0 amide bonds. The normalized spacial score (nSPS) is 18.0. The van der Waals surface area contributed by atoms with Gasteiger partial charge in [0, 0.05) is 51.6 Å². The number of hydrogen-bond donors (Lipinski definition) is 1. The first-order valence-electron chi connectivity index (χ1n) is 7.95. The van der Waals surface area contributed by atoms with Gasteiger partial charge in [0.25, 0.3) is 0 Å². The highest BCUT2D eigenvalue weighted by atomic mass is 79.9. The molecule has 1 aromatic rings. The second-order valence-electron chi connectivity index (χ2n) is 5.73. The molecular formula is C16H26BrN3O2S. The molecule has 0 aliphatic carbocycles. The Kier molecular flexibility index (Phi) is 7.33. The molecule has 5 nitrogen and oxygen atoms in total. The molecular weight excluding hydrogens is 378 g/mol. The number of hydrogen-bond acceptors (Lipinski definition) is 4. The summed E-state index contributed by atoms with van der Waals surface area (Å²) < 4.78 is 12.4. The number of ether oxygens (including phenoxy) is 2. The van der Waals surface area contributed by atoms with E-state index in [0.717, 1.165) is 48.9 Å². The van der Waals surface area contributed by atoms with Gasteiger partial charge in [-0.3, -0.25) is 4.99 Å². The summed E-state index contributed by atoms with van der Waals surface area (Å²) in [4.78, 5) is 8.29. The van der Waals surface area contributed by atoms with Crippen LogP contribution in [0.2, 0.25) is 0 Å². The molecule has 1 aromatic heterocycles. The highest BCUT2D eigenvalue weighted by Crippen LogP contribution is 2.25. The molecule has 0 atom stereocenters. The summed E-state index contributed by atoms with van der Waals surface area (Å²) in [6.45, 7) is 5.93. The number of rotatable bonds is 6. The molecule has 1 aliphatic rings. The number of halogens is 1. The lowest BCUT2D eigenvalue weighted by Gasteiger charge is -2.35. The fraction of sp³-hybridized carbons (Fsp3) is 0.688. The van der Waals surface area contributed by atoms with Crippen molar-refractivity contribution in [1.82, 2.24) is 10.2 Å². The Morgan fingerprint density at radius 3 is 2.78 bits per heavy atom. The number of aliphatic imine (C=N–C) groups is 1. The van der Waals surface area contributed by atoms with Crippen LogP contribution in [0.5, 0.6) is 0 Å². The summed E-state index contributed by atoms with van der Waals surface area (Å²) in [6.07, 6.45) is 1.79. The molecule has 130 valence electrons. The van der Waals surface area contributed by atoms with Gasteiger partial charge >= 0.3 is 0 Å². The maximum absolute atomic E-state index is 5.77. The van der Waals surface area contributed by atoms with Crippen LogP contribution in [0, 0.1) is 0 Å². The zero-order valence-corrected chi connectivity index (χ0v) is 16.5. The fourth-order valence-electron chi connectivity index (χ4n) is 2.60. The predicted molar refractivity (Wildman–Crippen MR) is 99.3 cm³/mol. The monoisotopic (exact) mass is 403 g/mol. The van der Waals surface area contributed by atoms with Crippen molar-refractivity contribution in [2.75, 3.05) is 40.5 Å². The summed E-state index contributed by atoms with van der Waals surface area (Å²) in [5.41, 5.74) is -0.189. The first-order chi connectivity index (χ1) is 11.1. The minimum Gasteiger partial charge on any atom is -0.381 e. The first-order valence-corrected chi connectivity index (χ1v) is 9.56. The summed E-state index contributed by atoms with van der Waals surface area (Å²) in [6, 6.07) is 4.23. The van der Waals surface area contributed by atoms with Crippen molar-refractivity contribution in [2.24, 2.45) is 4.99 Å². The molecule has 0 aromatic carbocycles. The third-order valence-corrected chi connectivity index (χ3v) is 5.68. The van der Waals surface area contributed by atoms with Gasteiger partial charge in [-0.25, -0.2) is 0 Å². The summed E-state index contributed by atoms with van der Waals surface area (Å²) in [5.74, 6) is 0.917. The average molecular weight is 404 g/mol. The SMILES string of the molecule is CCNC(=NCC1(OC)CCOCC1)N(C)Cc1ccc(Br)s1. The van der Waals surface area contributed by atoms with Crippen LogP contribution in [0.15, 0.2) is 20.9 Å². The van der Waals surface area contributed by atoms with Crippen LogP contribution in [0.4, 0.5) is 0 Å². The molecule has 0 bridgehead atoms. The van der Waals surface area contributed by atoms with Gasteiger partial charge in [0.1, 0.15) is 0 Å². The number of methoxy groups -OCH3 is 1. The molecule has 1 saturated heterocycles. The Labute approximate surface area is 151 Å². The Morgan fingerprint density at radius 2 is 2.22 bits per heavy atom. The van der Waals surface area contributed by atoms with E-state index < -0.39 is 0 Å². The van der Waals surface area contributed by atoms with Gasteiger partial charge in [0.2, 0.25) is 0 Å². The third-order valence-electron chi connectivity index (χ3n) is 4.07. The zero-order valence-electron chi connectivity index (χ0n) is 14.1. The molecule has 0 radical (unpaired) electrons. The second kappa shape index (κ2) is 9.01. The van der Waals surface area contributed by atoms with E-state index in [9.17, 15) is 0 Å². The predicted octanol–water partition coefficient (Wildman–Crippen LogP) is 3.10. The van der Waals surface area contributed by atoms with E-state index >= 15 is 0 Å². The van der Waals surface area contributed by atoms with Crippen molar-refractivity contribution in [1.29, 1.82) is 0 Å². The molecule has 2 heterocycles. The Morgan fingerprint density at radius 1 is 1.48 bits per heavy atom. The fourth-order valence-corrected chi connectivity index (χ4v) is 4.14. The number of nitrogens with one attached hydrogen (secondary N) is 1. The van der Waals surface area contributed by atoms with Crippen molar-refractivity contribution in [3.63, 3.8) is 0 Å². The van der Waals surface area contributed by atoms with Crippen LogP contribution < -0.4 is 5.32 Å². The van der Waals surface area contributed by atoms with E-state index in [2.05, 4.69) is 52.3 Å². The van der Waals surface area contributed by atoms with Crippen molar-refractivity contribution < 1.29 is 9.47 Å².